The topological polar surface area (TPSA) is 93.8 Å². The predicted molar refractivity (Wildman–Crippen MR) is 88.6 cm³/mol. The van der Waals surface area contributed by atoms with Gasteiger partial charge in [0.25, 0.3) is 0 Å². The molecule has 0 atom stereocenters. The number of nitrogens with one attached hydrogen (secondary N) is 2. The second-order valence-electron chi connectivity index (χ2n) is 4.99. The monoisotopic (exact) mass is 327 g/mol. The minimum Gasteiger partial charge on any atom is -0.382 e. The molecule has 1 rings (SSSR count). The highest BCUT2D eigenvalue weighted by Gasteiger charge is 2.02. The van der Waals surface area contributed by atoms with Gasteiger partial charge in [-0.1, -0.05) is 5.16 Å². The number of guanidine groups is 1. The fraction of sp³-hybridized carbons (Fsp3) is 0.800. The van der Waals surface area contributed by atoms with Crippen molar-refractivity contribution in [1.82, 2.24) is 20.8 Å². The van der Waals surface area contributed by atoms with Gasteiger partial charge in [-0.3, -0.25) is 4.99 Å². The highest BCUT2D eigenvalue weighted by Crippen LogP contribution is 1.99. The van der Waals surface area contributed by atoms with Crippen molar-refractivity contribution in [3.8, 4) is 0 Å². The van der Waals surface area contributed by atoms with Gasteiger partial charge in [0.1, 0.15) is 0 Å². The van der Waals surface area contributed by atoms with Gasteiger partial charge in [-0.2, -0.15) is 4.98 Å². The zero-order valence-electron chi connectivity index (χ0n) is 14.4. The number of hydrogen-bond donors (Lipinski definition) is 2. The third-order valence-electron chi connectivity index (χ3n) is 2.92. The molecule has 0 amide bonds. The van der Waals surface area contributed by atoms with E-state index < -0.39 is 0 Å². The first-order valence-corrected chi connectivity index (χ1v) is 8.14. The molecule has 132 valence electrons. The second-order valence-corrected chi connectivity index (χ2v) is 4.99. The molecule has 0 spiro atoms. The molecular formula is C15H29N5O3. The van der Waals surface area contributed by atoms with E-state index in [2.05, 4.69) is 25.8 Å². The molecule has 0 fully saturated rings. The summed E-state index contributed by atoms with van der Waals surface area (Å²) in [5.74, 6) is 2.17. The van der Waals surface area contributed by atoms with E-state index >= 15 is 0 Å². The molecule has 0 saturated heterocycles. The molecule has 0 radical (unpaired) electrons. The molecule has 23 heavy (non-hydrogen) atoms. The van der Waals surface area contributed by atoms with E-state index in [0.29, 0.717) is 38.1 Å². The van der Waals surface area contributed by atoms with Crippen molar-refractivity contribution >= 4 is 5.96 Å². The molecule has 1 heterocycles. The van der Waals surface area contributed by atoms with Crippen molar-refractivity contribution in [3.05, 3.63) is 11.7 Å². The van der Waals surface area contributed by atoms with Crippen LogP contribution in [0.2, 0.25) is 0 Å². The van der Waals surface area contributed by atoms with Crippen LogP contribution in [0.4, 0.5) is 0 Å². The number of aryl methyl sites for hydroxylation is 2. The minimum atomic E-state index is 0.636. The number of hydrogen-bond acceptors (Lipinski definition) is 6. The number of ether oxygens (including phenoxy) is 2. The van der Waals surface area contributed by atoms with Gasteiger partial charge in [-0.05, 0) is 26.7 Å². The number of nitrogens with zero attached hydrogens (tertiary/aromatic N) is 3. The average Bonchev–Trinajstić information content (AvgIpc) is 2.96. The van der Waals surface area contributed by atoms with E-state index in [9.17, 15) is 0 Å². The molecule has 0 aliphatic heterocycles. The van der Waals surface area contributed by atoms with Gasteiger partial charge >= 0.3 is 0 Å². The fourth-order valence-corrected chi connectivity index (χ4v) is 1.83. The molecule has 2 N–H and O–H groups in total. The number of rotatable bonds is 12. The van der Waals surface area contributed by atoms with Gasteiger partial charge in [0, 0.05) is 39.8 Å². The van der Waals surface area contributed by atoms with Gasteiger partial charge in [0.05, 0.1) is 13.2 Å². The Kier molecular flexibility index (Phi) is 10.8. The van der Waals surface area contributed by atoms with Gasteiger partial charge in [0.2, 0.25) is 5.89 Å². The zero-order valence-corrected chi connectivity index (χ0v) is 14.4. The van der Waals surface area contributed by atoms with Gasteiger partial charge in [-0.25, -0.2) is 0 Å². The highest BCUT2D eigenvalue weighted by molar-refractivity contribution is 5.79. The summed E-state index contributed by atoms with van der Waals surface area (Å²) in [5, 5.41) is 10.3. The first kappa shape index (κ1) is 19.4. The van der Waals surface area contributed by atoms with E-state index in [0.717, 1.165) is 38.3 Å². The SMILES string of the molecule is CCNC(=NCCCc1nc(C)no1)NCCCOCCOC. The van der Waals surface area contributed by atoms with Crippen LogP contribution in [0.3, 0.4) is 0 Å². The molecule has 0 bridgehead atoms. The van der Waals surface area contributed by atoms with Crippen LogP contribution in [0.1, 0.15) is 31.5 Å². The zero-order chi connectivity index (χ0) is 16.8. The first-order valence-electron chi connectivity index (χ1n) is 8.14. The van der Waals surface area contributed by atoms with Gasteiger partial charge < -0.3 is 24.6 Å². The Morgan fingerprint density at radius 3 is 2.78 bits per heavy atom. The number of aromatic nitrogens is 2. The Bertz CT molecular complexity index is 437. The van der Waals surface area contributed by atoms with E-state index in [1.54, 1.807) is 7.11 Å². The van der Waals surface area contributed by atoms with Crippen molar-refractivity contribution in [2.45, 2.75) is 33.1 Å². The standard InChI is InChI=1S/C15H29N5O3/c1-4-16-15(18-9-6-10-22-12-11-21-3)17-8-5-7-14-19-13(2)20-23-14/h4-12H2,1-3H3,(H2,16,17,18). The van der Waals surface area contributed by atoms with Crippen LogP contribution in [-0.2, 0) is 15.9 Å². The summed E-state index contributed by atoms with van der Waals surface area (Å²) in [6, 6.07) is 0. The molecule has 0 saturated carbocycles. The smallest absolute Gasteiger partial charge is 0.226 e. The summed E-state index contributed by atoms with van der Waals surface area (Å²) in [6.07, 6.45) is 2.55. The molecule has 0 unspecified atom stereocenters. The summed E-state index contributed by atoms with van der Waals surface area (Å²) in [6.45, 7) is 8.22. The molecule has 8 nitrogen and oxygen atoms in total. The van der Waals surface area contributed by atoms with Crippen LogP contribution in [0.15, 0.2) is 9.52 Å². The Morgan fingerprint density at radius 1 is 1.22 bits per heavy atom. The lowest BCUT2D eigenvalue weighted by molar-refractivity contribution is 0.0698. The lowest BCUT2D eigenvalue weighted by atomic mass is 10.3. The van der Waals surface area contributed by atoms with Crippen LogP contribution in [0.25, 0.3) is 0 Å². The molecule has 1 aromatic rings. The van der Waals surface area contributed by atoms with Crippen LogP contribution >= 0.6 is 0 Å². The highest BCUT2D eigenvalue weighted by atomic mass is 16.5. The normalized spacial score (nSPS) is 11.7. The third-order valence-corrected chi connectivity index (χ3v) is 2.92. The molecule has 0 aromatic carbocycles. The summed E-state index contributed by atoms with van der Waals surface area (Å²) < 4.78 is 15.4. The van der Waals surface area contributed by atoms with Gasteiger partial charge in [0.15, 0.2) is 11.8 Å². The molecular weight excluding hydrogens is 298 g/mol. The fourth-order valence-electron chi connectivity index (χ4n) is 1.83. The van der Waals surface area contributed by atoms with Crippen molar-refractivity contribution in [2.75, 3.05) is 46.6 Å². The summed E-state index contributed by atoms with van der Waals surface area (Å²) >= 11 is 0. The van der Waals surface area contributed by atoms with Crippen molar-refractivity contribution in [2.24, 2.45) is 4.99 Å². The Labute approximate surface area is 138 Å². The predicted octanol–water partition coefficient (Wildman–Crippen LogP) is 0.919. The number of aliphatic imine (C=N–C) groups is 1. The van der Waals surface area contributed by atoms with E-state index in [4.69, 9.17) is 14.0 Å². The Balaban J connectivity index is 2.14. The largest absolute Gasteiger partial charge is 0.382 e. The molecule has 1 aromatic heterocycles. The third kappa shape index (κ3) is 9.85. The quantitative estimate of drug-likeness (QED) is 0.335. The second kappa shape index (κ2) is 12.8. The Hall–Kier alpha value is -1.67. The summed E-state index contributed by atoms with van der Waals surface area (Å²) in [5.41, 5.74) is 0. The maximum Gasteiger partial charge on any atom is 0.226 e. The van der Waals surface area contributed by atoms with Gasteiger partial charge in [-0.15, -0.1) is 0 Å². The average molecular weight is 327 g/mol. The summed E-state index contributed by atoms with van der Waals surface area (Å²) in [4.78, 5) is 8.70. The maximum atomic E-state index is 5.42. The molecule has 8 heteroatoms. The molecule has 0 aliphatic carbocycles. The van der Waals surface area contributed by atoms with E-state index in [1.807, 2.05) is 13.8 Å². The van der Waals surface area contributed by atoms with Crippen LogP contribution in [0, 0.1) is 6.92 Å². The van der Waals surface area contributed by atoms with Crippen LogP contribution < -0.4 is 10.6 Å². The lowest BCUT2D eigenvalue weighted by Crippen LogP contribution is -2.38. The van der Waals surface area contributed by atoms with Crippen molar-refractivity contribution < 1.29 is 14.0 Å². The van der Waals surface area contributed by atoms with Crippen molar-refractivity contribution in [3.63, 3.8) is 0 Å². The van der Waals surface area contributed by atoms with Crippen LogP contribution in [0.5, 0.6) is 0 Å². The lowest BCUT2D eigenvalue weighted by Gasteiger charge is -2.11. The first-order chi connectivity index (χ1) is 11.3. The Morgan fingerprint density at radius 2 is 2.09 bits per heavy atom. The summed E-state index contributed by atoms with van der Waals surface area (Å²) in [7, 11) is 1.67. The number of methoxy groups -OCH3 is 1. The van der Waals surface area contributed by atoms with E-state index in [1.165, 1.54) is 0 Å². The van der Waals surface area contributed by atoms with E-state index in [-0.39, 0.29) is 0 Å². The minimum absolute atomic E-state index is 0.636. The van der Waals surface area contributed by atoms with Crippen molar-refractivity contribution in [1.29, 1.82) is 0 Å². The molecule has 0 aliphatic rings. The van der Waals surface area contributed by atoms with Crippen LogP contribution in [-0.4, -0.2) is 62.7 Å². The maximum absolute atomic E-state index is 5.42.